The Bertz CT molecular complexity index is 462. The predicted molar refractivity (Wildman–Crippen MR) is 71.7 cm³/mol. The van der Waals surface area contributed by atoms with Crippen LogP contribution in [0, 0.1) is 22.2 Å². The number of rotatable bonds is 2. The maximum atomic E-state index is 10.4. The number of nitrogens with zero attached hydrogens (tertiary/aromatic N) is 1. The van der Waals surface area contributed by atoms with Crippen LogP contribution in [0.2, 0.25) is 0 Å². The molecule has 98 valence electrons. The lowest BCUT2D eigenvalue weighted by Gasteiger charge is -2.41. The summed E-state index contributed by atoms with van der Waals surface area (Å²) in [5, 5.41) is 19.9. The number of halogens is 1. The van der Waals surface area contributed by atoms with Crippen LogP contribution in [0.1, 0.15) is 51.4 Å². The third kappa shape index (κ3) is 2.48. The second-order valence-electron chi connectivity index (χ2n) is 5.98. The number of furan rings is 1. The minimum Gasteiger partial charge on any atom is -0.452 e. The SMILES string of the molecule is CC1(C)CCC(C#N)(C(O)c2ccc(Br)o2)CC1. The third-order valence-corrected chi connectivity index (χ3v) is 4.53. The smallest absolute Gasteiger partial charge is 0.169 e. The van der Waals surface area contributed by atoms with Crippen molar-refractivity contribution in [1.29, 1.82) is 5.26 Å². The van der Waals surface area contributed by atoms with E-state index in [9.17, 15) is 10.4 Å². The fourth-order valence-corrected chi connectivity index (χ4v) is 2.89. The minimum atomic E-state index is -0.843. The molecule has 0 aliphatic heterocycles. The van der Waals surface area contributed by atoms with Crippen LogP contribution >= 0.6 is 15.9 Å². The van der Waals surface area contributed by atoms with E-state index in [4.69, 9.17) is 4.42 Å². The molecular weight excluding hydrogens is 294 g/mol. The Balaban J connectivity index is 2.22. The van der Waals surface area contributed by atoms with Gasteiger partial charge in [-0.1, -0.05) is 13.8 Å². The normalized spacial score (nSPS) is 23.3. The molecule has 3 nitrogen and oxygen atoms in total. The lowest BCUT2D eigenvalue weighted by molar-refractivity contribution is -0.00369. The van der Waals surface area contributed by atoms with Gasteiger partial charge in [-0.3, -0.25) is 0 Å². The lowest BCUT2D eigenvalue weighted by Crippen LogP contribution is -2.35. The zero-order valence-corrected chi connectivity index (χ0v) is 12.3. The van der Waals surface area contributed by atoms with Crippen LogP contribution < -0.4 is 0 Å². The zero-order valence-electron chi connectivity index (χ0n) is 10.7. The molecular formula is C14H18BrNO2. The minimum absolute atomic E-state index is 0.268. The van der Waals surface area contributed by atoms with Gasteiger partial charge in [-0.15, -0.1) is 0 Å². The standard InChI is InChI=1S/C14H18BrNO2/c1-13(2)5-7-14(9-16,8-6-13)12(17)10-3-4-11(15)18-10/h3-4,12,17H,5-8H2,1-2H3. The molecule has 0 spiro atoms. The van der Waals surface area contributed by atoms with Gasteiger partial charge in [0.25, 0.3) is 0 Å². The summed E-state index contributed by atoms with van der Waals surface area (Å²) in [4.78, 5) is 0. The molecule has 1 atom stereocenters. The maximum Gasteiger partial charge on any atom is 0.169 e. The van der Waals surface area contributed by atoms with E-state index in [1.165, 1.54) is 0 Å². The molecule has 1 aliphatic carbocycles. The fraction of sp³-hybridized carbons (Fsp3) is 0.643. The van der Waals surface area contributed by atoms with Crippen LogP contribution in [0.4, 0.5) is 0 Å². The first-order valence-electron chi connectivity index (χ1n) is 6.23. The summed E-state index contributed by atoms with van der Waals surface area (Å²) in [7, 11) is 0. The number of hydrogen-bond donors (Lipinski definition) is 1. The van der Waals surface area contributed by atoms with Crippen molar-refractivity contribution in [2.75, 3.05) is 0 Å². The second kappa shape index (κ2) is 4.71. The predicted octanol–water partition coefficient (Wildman–Crippen LogP) is 4.19. The van der Waals surface area contributed by atoms with Gasteiger partial charge < -0.3 is 9.52 Å². The molecule has 0 radical (unpaired) electrons. The van der Waals surface area contributed by atoms with Gasteiger partial charge >= 0.3 is 0 Å². The van der Waals surface area contributed by atoms with Gasteiger partial charge in [0, 0.05) is 0 Å². The Hall–Kier alpha value is -0.790. The molecule has 1 aromatic heterocycles. The molecule has 1 N–H and O–H groups in total. The number of nitriles is 1. The molecule has 0 aromatic carbocycles. The van der Waals surface area contributed by atoms with Crippen LogP contribution in [0.5, 0.6) is 0 Å². The topological polar surface area (TPSA) is 57.2 Å². The van der Waals surface area contributed by atoms with E-state index in [1.807, 2.05) is 0 Å². The van der Waals surface area contributed by atoms with Gasteiger partial charge in [-0.05, 0) is 59.2 Å². The van der Waals surface area contributed by atoms with E-state index in [1.54, 1.807) is 12.1 Å². The van der Waals surface area contributed by atoms with Crippen LogP contribution in [-0.4, -0.2) is 5.11 Å². The molecule has 1 fully saturated rings. The van der Waals surface area contributed by atoms with E-state index in [0.717, 1.165) is 25.7 Å². The Labute approximate surface area is 116 Å². The summed E-state index contributed by atoms with van der Waals surface area (Å²) in [6, 6.07) is 5.81. The highest BCUT2D eigenvalue weighted by Crippen LogP contribution is 2.51. The number of aliphatic hydroxyl groups excluding tert-OH is 1. The van der Waals surface area contributed by atoms with E-state index < -0.39 is 11.5 Å². The molecule has 1 aromatic rings. The number of aliphatic hydroxyl groups is 1. The summed E-state index contributed by atoms with van der Waals surface area (Å²) in [6.45, 7) is 4.42. The van der Waals surface area contributed by atoms with Gasteiger partial charge in [-0.25, -0.2) is 0 Å². The molecule has 2 rings (SSSR count). The highest BCUT2D eigenvalue weighted by Gasteiger charge is 2.45. The third-order valence-electron chi connectivity index (χ3n) is 4.11. The average molecular weight is 312 g/mol. The Morgan fingerprint density at radius 3 is 2.39 bits per heavy atom. The van der Waals surface area contributed by atoms with Gasteiger partial charge in [0.1, 0.15) is 11.9 Å². The Morgan fingerprint density at radius 1 is 1.33 bits per heavy atom. The van der Waals surface area contributed by atoms with Crippen molar-refractivity contribution in [2.45, 2.75) is 45.6 Å². The molecule has 1 saturated carbocycles. The molecule has 1 aliphatic rings. The Kier molecular flexibility index (Phi) is 3.57. The van der Waals surface area contributed by atoms with Gasteiger partial charge in [-0.2, -0.15) is 5.26 Å². The lowest BCUT2D eigenvalue weighted by atomic mass is 9.63. The highest BCUT2D eigenvalue weighted by atomic mass is 79.9. The highest BCUT2D eigenvalue weighted by molar-refractivity contribution is 9.10. The van der Waals surface area contributed by atoms with Crippen LogP contribution in [0.25, 0.3) is 0 Å². The van der Waals surface area contributed by atoms with Crippen molar-refractivity contribution in [3.8, 4) is 6.07 Å². The van der Waals surface area contributed by atoms with Crippen molar-refractivity contribution in [2.24, 2.45) is 10.8 Å². The number of hydrogen-bond acceptors (Lipinski definition) is 3. The molecule has 0 saturated heterocycles. The Morgan fingerprint density at radius 2 is 1.94 bits per heavy atom. The summed E-state index contributed by atoms with van der Waals surface area (Å²) in [5.41, 5.74) is -0.434. The van der Waals surface area contributed by atoms with Crippen LogP contribution in [-0.2, 0) is 0 Å². The van der Waals surface area contributed by atoms with Crippen molar-refractivity contribution in [3.63, 3.8) is 0 Å². The average Bonchev–Trinajstić information content (AvgIpc) is 2.76. The maximum absolute atomic E-state index is 10.4. The van der Waals surface area contributed by atoms with E-state index in [-0.39, 0.29) is 5.41 Å². The van der Waals surface area contributed by atoms with Crippen LogP contribution in [0.3, 0.4) is 0 Å². The molecule has 1 unspecified atom stereocenters. The zero-order chi connectivity index (χ0) is 13.4. The van der Waals surface area contributed by atoms with Crippen LogP contribution in [0.15, 0.2) is 21.2 Å². The molecule has 1 heterocycles. The van der Waals surface area contributed by atoms with Crippen molar-refractivity contribution in [3.05, 3.63) is 22.6 Å². The van der Waals surface area contributed by atoms with Crippen molar-refractivity contribution < 1.29 is 9.52 Å². The summed E-state index contributed by atoms with van der Waals surface area (Å²) >= 11 is 3.22. The summed E-state index contributed by atoms with van der Waals surface area (Å²) < 4.78 is 5.98. The molecule has 4 heteroatoms. The molecule has 0 amide bonds. The first-order chi connectivity index (χ1) is 8.38. The second-order valence-corrected chi connectivity index (χ2v) is 6.76. The monoisotopic (exact) mass is 311 g/mol. The quantitative estimate of drug-likeness (QED) is 0.891. The molecule has 0 bridgehead atoms. The largest absolute Gasteiger partial charge is 0.452 e. The van der Waals surface area contributed by atoms with Crippen molar-refractivity contribution in [1.82, 2.24) is 0 Å². The first-order valence-corrected chi connectivity index (χ1v) is 7.02. The molecule has 18 heavy (non-hydrogen) atoms. The van der Waals surface area contributed by atoms with Crippen molar-refractivity contribution >= 4 is 15.9 Å². The van der Waals surface area contributed by atoms with E-state index >= 15 is 0 Å². The first kappa shape index (κ1) is 13.6. The van der Waals surface area contributed by atoms with Gasteiger partial charge in [0.05, 0.1) is 11.5 Å². The van der Waals surface area contributed by atoms with E-state index in [2.05, 4.69) is 35.8 Å². The summed E-state index contributed by atoms with van der Waals surface area (Å²) in [6.07, 6.45) is 2.51. The fourth-order valence-electron chi connectivity index (χ4n) is 2.57. The van der Waals surface area contributed by atoms with E-state index in [0.29, 0.717) is 10.4 Å². The van der Waals surface area contributed by atoms with Gasteiger partial charge in [0.2, 0.25) is 0 Å². The van der Waals surface area contributed by atoms with Gasteiger partial charge in [0.15, 0.2) is 4.67 Å². The summed E-state index contributed by atoms with van der Waals surface area (Å²) in [5.74, 6) is 0.475.